The molecule has 2 rings (SSSR count). The zero-order chi connectivity index (χ0) is 14.5. The maximum atomic E-state index is 6.07. The Kier molecular flexibility index (Phi) is 5.26. The molecule has 0 amide bonds. The molecule has 4 heteroatoms. The molecule has 1 aliphatic rings. The topological polar surface area (TPSA) is 47.7 Å². The molecule has 0 aromatic heterocycles. The normalized spacial score (nSPS) is 16.2. The number of hydrogen-bond acceptors (Lipinski definition) is 4. The molecule has 0 aliphatic heterocycles. The van der Waals surface area contributed by atoms with Crippen molar-refractivity contribution in [3.8, 4) is 11.5 Å². The third-order valence-corrected chi connectivity index (χ3v) is 3.92. The van der Waals surface area contributed by atoms with Gasteiger partial charge < -0.3 is 15.2 Å². The summed E-state index contributed by atoms with van der Waals surface area (Å²) in [7, 11) is 3.37. The van der Waals surface area contributed by atoms with E-state index >= 15 is 0 Å². The molecule has 1 aromatic rings. The molecule has 0 radical (unpaired) electrons. The molecule has 2 N–H and O–H groups in total. The smallest absolute Gasteiger partial charge is 0.127 e. The first-order valence-corrected chi connectivity index (χ1v) is 7.42. The minimum Gasteiger partial charge on any atom is -0.497 e. The molecule has 0 spiro atoms. The minimum atomic E-state index is 0.225. The molecule has 1 unspecified atom stereocenters. The highest BCUT2D eigenvalue weighted by molar-refractivity contribution is 5.42. The summed E-state index contributed by atoms with van der Waals surface area (Å²) in [6.07, 6.45) is 3.72. The van der Waals surface area contributed by atoms with Crippen molar-refractivity contribution in [2.75, 3.05) is 27.3 Å². The molecule has 0 heterocycles. The van der Waals surface area contributed by atoms with E-state index in [0.29, 0.717) is 12.6 Å². The van der Waals surface area contributed by atoms with E-state index < -0.39 is 0 Å². The van der Waals surface area contributed by atoms with Gasteiger partial charge in [-0.3, -0.25) is 4.90 Å². The fraction of sp³-hybridized carbons (Fsp3) is 0.625. The third-order valence-electron chi connectivity index (χ3n) is 3.92. The van der Waals surface area contributed by atoms with Crippen molar-refractivity contribution in [2.45, 2.75) is 38.3 Å². The lowest BCUT2D eigenvalue weighted by Crippen LogP contribution is -2.36. The van der Waals surface area contributed by atoms with E-state index in [4.69, 9.17) is 15.2 Å². The standard InChI is InChI=1S/C16H26N2O2/c1-4-9-18(12-5-6-12)15(11-17)14-8-7-13(19-2)10-16(14)20-3/h7-8,10,12,15H,4-6,9,11,17H2,1-3H3. The van der Waals surface area contributed by atoms with Crippen molar-refractivity contribution >= 4 is 0 Å². The van der Waals surface area contributed by atoms with E-state index in [0.717, 1.165) is 30.0 Å². The van der Waals surface area contributed by atoms with Gasteiger partial charge in [-0.25, -0.2) is 0 Å². The predicted molar refractivity (Wildman–Crippen MR) is 81.4 cm³/mol. The third kappa shape index (κ3) is 3.25. The van der Waals surface area contributed by atoms with Crippen molar-refractivity contribution in [3.05, 3.63) is 23.8 Å². The molecule has 20 heavy (non-hydrogen) atoms. The lowest BCUT2D eigenvalue weighted by atomic mass is 10.0. The molecular weight excluding hydrogens is 252 g/mol. The first-order chi connectivity index (χ1) is 9.74. The second-order valence-electron chi connectivity index (χ2n) is 5.33. The van der Waals surface area contributed by atoms with Crippen molar-refractivity contribution in [3.63, 3.8) is 0 Å². The zero-order valence-corrected chi connectivity index (χ0v) is 12.8. The summed E-state index contributed by atoms with van der Waals surface area (Å²) in [6, 6.07) is 6.92. The van der Waals surface area contributed by atoms with Gasteiger partial charge in [-0.05, 0) is 31.9 Å². The predicted octanol–water partition coefficient (Wildman–Crippen LogP) is 2.58. The van der Waals surface area contributed by atoms with Crippen molar-refractivity contribution in [1.82, 2.24) is 4.90 Å². The van der Waals surface area contributed by atoms with Crippen LogP contribution in [0, 0.1) is 0 Å². The van der Waals surface area contributed by atoms with Crippen molar-refractivity contribution in [2.24, 2.45) is 5.73 Å². The van der Waals surface area contributed by atoms with Gasteiger partial charge in [0.2, 0.25) is 0 Å². The lowest BCUT2D eigenvalue weighted by molar-refractivity contribution is 0.188. The van der Waals surface area contributed by atoms with Crippen molar-refractivity contribution < 1.29 is 9.47 Å². The number of nitrogens with zero attached hydrogens (tertiary/aromatic N) is 1. The largest absolute Gasteiger partial charge is 0.497 e. The Labute approximate surface area is 121 Å². The van der Waals surface area contributed by atoms with Gasteiger partial charge in [0.1, 0.15) is 11.5 Å². The molecule has 1 aliphatic carbocycles. The van der Waals surface area contributed by atoms with E-state index in [1.54, 1.807) is 14.2 Å². The van der Waals surface area contributed by atoms with Crippen LogP contribution in [0.5, 0.6) is 11.5 Å². The molecule has 1 saturated carbocycles. The average Bonchev–Trinajstić information content (AvgIpc) is 3.31. The van der Waals surface area contributed by atoms with E-state index in [1.807, 2.05) is 12.1 Å². The van der Waals surface area contributed by atoms with E-state index in [2.05, 4.69) is 17.9 Å². The quantitative estimate of drug-likeness (QED) is 0.794. The number of nitrogens with two attached hydrogens (primary N) is 1. The second-order valence-corrected chi connectivity index (χ2v) is 5.33. The molecule has 1 atom stereocenters. The number of benzene rings is 1. The highest BCUT2D eigenvalue weighted by Crippen LogP contribution is 2.38. The summed E-state index contributed by atoms with van der Waals surface area (Å²) >= 11 is 0. The van der Waals surface area contributed by atoms with Gasteiger partial charge in [0, 0.05) is 24.2 Å². The molecule has 1 fully saturated rings. The lowest BCUT2D eigenvalue weighted by Gasteiger charge is -2.32. The monoisotopic (exact) mass is 278 g/mol. The van der Waals surface area contributed by atoms with Crippen LogP contribution >= 0.6 is 0 Å². The summed E-state index contributed by atoms with van der Waals surface area (Å²) in [5.74, 6) is 1.68. The molecule has 4 nitrogen and oxygen atoms in total. The fourth-order valence-corrected chi connectivity index (χ4v) is 2.79. The summed E-state index contributed by atoms with van der Waals surface area (Å²) in [6.45, 7) is 3.91. The van der Waals surface area contributed by atoms with Crippen LogP contribution in [-0.2, 0) is 0 Å². The highest BCUT2D eigenvalue weighted by Gasteiger charge is 2.34. The minimum absolute atomic E-state index is 0.225. The van der Waals surface area contributed by atoms with Gasteiger partial charge in [-0.2, -0.15) is 0 Å². The van der Waals surface area contributed by atoms with Gasteiger partial charge in [0.25, 0.3) is 0 Å². The maximum absolute atomic E-state index is 6.07. The Hall–Kier alpha value is -1.26. The Morgan fingerprint density at radius 2 is 2.05 bits per heavy atom. The Morgan fingerprint density at radius 1 is 1.30 bits per heavy atom. The van der Waals surface area contributed by atoms with Gasteiger partial charge in [-0.1, -0.05) is 13.0 Å². The zero-order valence-electron chi connectivity index (χ0n) is 12.8. The molecule has 1 aromatic carbocycles. The van der Waals surface area contributed by atoms with E-state index in [1.165, 1.54) is 12.8 Å². The number of rotatable bonds is 8. The number of ether oxygens (including phenoxy) is 2. The van der Waals surface area contributed by atoms with Gasteiger partial charge in [0.15, 0.2) is 0 Å². The van der Waals surface area contributed by atoms with Crippen LogP contribution < -0.4 is 15.2 Å². The summed E-state index contributed by atoms with van der Waals surface area (Å²) in [5, 5.41) is 0. The Morgan fingerprint density at radius 3 is 2.55 bits per heavy atom. The van der Waals surface area contributed by atoms with Crippen LogP contribution in [0.25, 0.3) is 0 Å². The second kappa shape index (κ2) is 6.95. The van der Waals surface area contributed by atoms with Gasteiger partial charge in [-0.15, -0.1) is 0 Å². The van der Waals surface area contributed by atoms with Crippen LogP contribution in [-0.4, -0.2) is 38.3 Å². The van der Waals surface area contributed by atoms with Crippen LogP contribution in [0.1, 0.15) is 37.8 Å². The van der Waals surface area contributed by atoms with Crippen LogP contribution in [0.15, 0.2) is 18.2 Å². The molecule has 0 bridgehead atoms. The maximum Gasteiger partial charge on any atom is 0.127 e. The highest BCUT2D eigenvalue weighted by atomic mass is 16.5. The summed E-state index contributed by atoms with van der Waals surface area (Å²) in [4.78, 5) is 2.53. The first-order valence-electron chi connectivity index (χ1n) is 7.42. The Balaban J connectivity index is 2.29. The number of methoxy groups -OCH3 is 2. The molecule has 0 saturated heterocycles. The molecule has 112 valence electrons. The summed E-state index contributed by atoms with van der Waals surface area (Å²) in [5.41, 5.74) is 7.23. The Bertz CT molecular complexity index is 432. The van der Waals surface area contributed by atoms with Crippen LogP contribution in [0.3, 0.4) is 0 Å². The first kappa shape index (κ1) is 15.1. The van der Waals surface area contributed by atoms with Crippen molar-refractivity contribution in [1.29, 1.82) is 0 Å². The fourth-order valence-electron chi connectivity index (χ4n) is 2.79. The van der Waals surface area contributed by atoms with Crippen LogP contribution in [0.4, 0.5) is 0 Å². The SMILES string of the molecule is CCCN(C1CC1)C(CN)c1ccc(OC)cc1OC. The number of hydrogen-bond donors (Lipinski definition) is 1. The van der Waals surface area contributed by atoms with Gasteiger partial charge >= 0.3 is 0 Å². The van der Waals surface area contributed by atoms with Crippen LogP contribution in [0.2, 0.25) is 0 Å². The van der Waals surface area contributed by atoms with Gasteiger partial charge in [0.05, 0.1) is 20.3 Å². The molecular formula is C16H26N2O2. The van der Waals surface area contributed by atoms with E-state index in [9.17, 15) is 0 Å². The van der Waals surface area contributed by atoms with E-state index in [-0.39, 0.29) is 6.04 Å². The average molecular weight is 278 g/mol. The summed E-state index contributed by atoms with van der Waals surface area (Å²) < 4.78 is 10.8.